The van der Waals surface area contributed by atoms with E-state index >= 15 is 0 Å². The molecule has 0 saturated heterocycles. The van der Waals surface area contributed by atoms with Gasteiger partial charge in [-0.25, -0.2) is 13.4 Å². The van der Waals surface area contributed by atoms with Crippen molar-refractivity contribution < 1.29 is 18.1 Å². The molecule has 0 radical (unpaired) electrons. The van der Waals surface area contributed by atoms with Crippen molar-refractivity contribution in [3.63, 3.8) is 0 Å². The van der Waals surface area contributed by atoms with Crippen molar-refractivity contribution in [2.24, 2.45) is 0 Å². The summed E-state index contributed by atoms with van der Waals surface area (Å²) in [5.41, 5.74) is -0.0736. The van der Waals surface area contributed by atoms with E-state index in [1.54, 1.807) is 6.07 Å². The highest BCUT2D eigenvalue weighted by Gasteiger charge is 2.25. The number of nitrogens with zero attached hydrogens (tertiary/aromatic N) is 3. The van der Waals surface area contributed by atoms with Crippen molar-refractivity contribution in [3.8, 4) is 0 Å². The number of nitro benzene ring substituents is 1. The van der Waals surface area contributed by atoms with Crippen LogP contribution in [0, 0.1) is 10.1 Å². The summed E-state index contributed by atoms with van der Waals surface area (Å²) in [6, 6.07) is 8.29. The smallest absolute Gasteiger partial charge is 0.282 e. The summed E-state index contributed by atoms with van der Waals surface area (Å²) in [4.78, 5) is 27.6. The van der Waals surface area contributed by atoms with Gasteiger partial charge in [0.05, 0.1) is 20.0 Å². The van der Waals surface area contributed by atoms with E-state index in [1.807, 2.05) is 13.8 Å². The van der Waals surface area contributed by atoms with E-state index in [-0.39, 0.29) is 26.3 Å². The second kappa shape index (κ2) is 9.90. The number of anilines is 1. The largest absolute Gasteiger partial charge is 0.298 e. The number of benzene rings is 2. The number of sulfonamides is 1. The second-order valence-electron chi connectivity index (χ2n) is 6.93. The Bertz CT molecular complexity index is 1270. The number of carbonyl (C=O) groups excluding carboxylic acids is 1. The monoisotopic (exact) mass is 496 g/mol. The molecular formula is C20H21ClN4O5S2. The number of carbonyl (C=O) groups is 1. The minimum Gasteiger partial charge on any atom is -0.298 e. The van der Waals surface area contributed by atoms with Gasteiger partial charge in [-0.15, -0.1) is 0 Å². The van der Waals surface area contributed by atoms with Gasteiger partial charge in [0.1, 0.15) is 5.56 Å². The summed E-state index contributed by atoms with van der Waals surface area (Å²) in [5, 5.41) is 14.1. The fourth-order valence-corrected chi connectivity index (χ4v) is 5.93. The topological polar surface area (TPSA) is 123 Å². The quantitative estimate of drug-likeness (QED) is 0.331. The summed E-state index contributed by atoms with van der Waals surface area (Å²) in [6.45, 7) is 4.70. The minimum absolute atomic E-state index is 0.152. The molecule has 3 aromatic rings. The zero-order valence-electron chi connectivity index (χ0n) is 17.4. The van der Waals surface area contributed by atoms with Crippen LogP contribution in [0.25, 0.3) is 10.2 Å². The maximum absolute atomic E-state index is 13.0. The summed E-state index contributed by atoms with van der Waals surface area (Å²) in [7, 11) is -3.66. The molecule has 0 spiro atoms. The lowest BCUT2D eigenvalue weighted by atomic mass is 10.1. The van der Waals surface area contributed by atoms with Crippen LogP contribution in [-0.2, 0) is 10.0 Å². The van der Waals surface area contributed by atoms with E-state index in [0.29, 0.717) is 36.1 Å². The van der Waals surface area contributed by atoms with Crippen LogP contribution in [0.5, 0.6) is 0 Å². The molecule has 0 bridgehead atoms. The average Bonchev–Trinajstić information content (AvgIpc) is 3.14. The van der Waals surface area contributed by atoms with Gasteiger partial charge in [-0.2, -0.15) is 4.31 Å². The molecule has 1 heterocycles. The fourth-order valence-electron chi connectivity index (χ4n) is 3.13. The van der Waals surface area contributed by atoms with Gasteiger partial charge in [0.15, 0.2) is 5.13 Å². The third-order valence-electron chi connectivity index (χ3n) is 4.56. The summed E-state index contributed by atoms with van der Waals surface area (Å²) >= 11 is 6.97. The number of hydrogen-bond donors (Lipinski definition) is 1. The van der Waals surface area contributed by atoms with Crippen LogP contribution >= 0.6 is 22.9 Å². The third-order valence-corrected chi connectivity index (χ3v) is 7.63. The lowest BCUT2D eigenvalue weighted by molar-refractivity contribution is -0.385. The summed E-state index contributed by atoms with van der Waals surface area (Å²) < 4.78 is 28.1. The molecule has 0 atom stereocenters. The normalized spacial score (nSPS) is 11.8. The van der Waals surface area contributed by atoms with Crippen molar-refractivity contribution in [1.82, 2.24) is 9.29 Å². The number of thiazole rings is 1. The fraction of sp³-hybridized carbons (Fsp3) is 0.300. The van der Waals surface area contributed by atoms with Crippen molar-refractivity contribution in [3.05, 3.63) is 57.1 Å². The maximum atomic E-state index is 13.0. The molecule has 0 aliphatic carbocycles. The van der Waals surface area contributed by atoms with Crippen molar-refractivity contribution in [1.29, 1.82) is 0 Å². The first-order valence-corrected chi connectivity index (χ1v) is 12.5. The molecule has 2 aromatic carbocycles. The Labute approximate surface area is 194 Å². The first-order valence-electron chi connectivity index (χ1n) is 9.83. The Kier molecular flexibility index (Phi) is 7.44. The van der Waals surface area contributed by atoms with Gasteiger partial charge in [-0.05, 0) is 43.2 Å². The predicted octanol–water partition coefficient (Wildman–Crippen LogP) is 4.92. The third kappa shape index (κ3) is 5.07. The van der Waals surface area contributed by atoms with E-state index in [4.69, 9.17) is 11.6 Å². The Morgan fingerprint density at radius 3 is 2.50 bits per heavy atom. The van der Waals surface area contributed by atoms with Gasteiger partial charge in [0, 0.05) is 24.2 Å². The molecule has 12 heteroatoms. The molecule has 0 aliphatic rings. The van der Waals surface area contributed by atoms with Crippen LogP contribution in [0.1, 0.15) is 37.0 Å². The lowest BCUT2D eigenvalue weighted by Gasteiger charge is -2.20. The zero-order chi connectivity index (χ0) is 23.5. The average molecular weight is 497 g/mol. The molecule has 3 rings (SSSR count). The highest BCUT2D eigenvalue weighted by Crippen LogP contribution is 2.31. The molecule has 1 amide bonds. The SMILES string of the molecule is CCCN(CCC)S(=O)(=O)c1ccc2nc(NC(=O)c3cc(Cl)ccc3[N+](=O)[O-])sc2c1. The van der Waals surface area contributed by atoms with Gasteiger partial charge >= 0.3 is 0 Å². The molecule has 170 valence electrons. The van der Waals surface area contributed by atoms with E-state index in [0.717, 1.165) is 17.4 Å². The van der Waals surface area contributed by atoms with Gasteiger partial charge in [0.25, 0.3) is 11.6 Å². The first-order chi connectivity index (χ1) is 15.2. The number of hydrogen-bond acceptors (Lipinski definition) is 7. The summed E-state index contributed by atoms with van der Waals surface area (Å²) in [6.07, 6.45) is 1.40. The maximum Gasteiger partial charge on any atom is 0.282 e. The number of fused-ring (bicyclic) bond motifs is 1. The van der Waals surface area contributed by atoms with Crippen molar-refractivity contribution >= 4 is 59.9 Å². The van der Waals surface area contributed by atoms with Crippen LogP contribution in [0.4, 0.5) is 10.8 Å². The molecule has 0 fully saturated rings. The number of aromatic nitrogens is 1. The summed E-state index contributed by atoms with van der Waals surface area (Å²) in [5.74, 6) is -0.733. The van der Waals surface area contributed by atoms with E-state index < -0.39 is 20.9 Å². The first kappa shape index (κ1) is 24.1. The molecule has 0 saturated carbocycles. The number of nitrogens with one attached hydrogen (secondary N) is 1. The number of nitro groups is 1. The van der Waals surface area contributed by atoms with Gasteiger partial charge in [0.2, 0.25) is 10.0 Å². The van der Waals surface area contributed by atoms with Crippen LogP contribution < -0.4 is 5.32 Å². The Morgan fingerprint density at radius 2 is 1.88 bits per heavy atom. The Balaban J connectivity index is 1.91. The zero-order valence-corrected chi connectivity index (χ0v) is 19.8. The van der Waals surface area contributed by atoms with Crippen molar-refractivity contribution in [2.75, 3.05) is 18.4 Å². The number of rotatable bonds is 9. The molecular weight excluding hydrogens is 476 g/mol. The lowest BCUT2D eigenvalue weighted by Crippen LogP contribution is -2.32. The Hall–Kier alpha value is -2.60. The number of halogens is 1. The van der Waals surface area contributed by atoms with E-state index in [2.05, 4.69) is 10.3 Å². The molecule has 0 unspecified atom stereocenters. The molecule has 1 aromatic heterocycles. The Morgan fingerprint density at radius 1 is 1.19 bits per heavy atom. The van der Waals surface area contributed by atoms with Crippen LogP contribution in [0.3, 0.4) is 0 Å². The van der Waals surface area contributed by atoms with Crippen molar-refractivity contribution in [2.45, 2.75) is 31.6 Å². The van der Waals surface area contributed by atoms with Crippen LogP contribution in [-0.4, -0.2) is 41.6 Å². The minimum atomic E-state index is -3.66. The molecule has 1 N–H and O–H groups in total. The molecule has 0 aliphatic heterocycles. The number of amides is 1. The molecule has 32 heavy (non-hydrogen) atoms. The second-order valence-corrected chi connectivity index (χ2v) is 10.3. The van der Waals surface area contributed by atoms with Gasteiger partial charge < -0.3 is 0 Å². The van der Waals surface area contributed by atoms with E-state index in [1.165, 1.54) is 28.6 Å². The van der Waals surface area contributed by atoms with Gasteiger partial charge in [-0.1, -0.05) is 36.8 Å². The van der Waals surface area contributed by atoms with E-state index in [9.17, 15) is 23.3 Å². The van der Waals surface area contributed by atoms with Crippen LogP contribution in [0.2, 0.25) is 5.02 Å². The molecule has 9 nitrogen and oxygen atoms in total. The standard InChI is InChI=1S/C20H21ClN4O5S2/c1-3-9-24(10-4-2)32(29,30)14-6-7-16-18(12-14)31-20(22-16)23-19(26)15-11-13(21)5-8-17(15)25(27)28/h5-8,11-12H,3-4,9-10H2,1-2H3,(H,22,23,26). The van der Waals surface area contributed by atoms with Gasteiger partial charge in [-0.3, -0.25) is 20.2 Å². The van der Waals surface area contributed by atoms with Crippen LogP contribution in [0.15, 0.2) is 41.3 Å². The predicted molar refractivity (Wildman–Crippen MR) is 125 cm³/mol. The highest BCUT2D eigenvalue weighted by atomic mass is 35.5. The highest BCUT2D eigenvalue weighted by molar-refractivity contribution is 7.89.